The first-order chi connectivity index (χ1) is 9.67. The highest BCUT2D eigenvalue weighted by molar-refractivity contribution is 5.51. The Labute approximate surface area is 118 Å². The van der Waals surface area contributed by atoms with Crippen molar-refractivity contribution in [1.29, 1.82) is 0 Å². The number of alkyl halides is 5. The van der Waals surface area contributed by atoms with Crippen molar-refractivity contribution < 1.29 is 26.7 Å². The van der Waals surface area contributed by atoms with E-state index in [9.17, 15) is 22.0 Å². The van der Waals surface area contributed by atoms with Gasteiger partial charge >= 0.3 is 6.36 Å². The summed E-state index contributed by atoms with van der Waals surface area (Å²) in [6.07, 6.45) is -3.65. The lowest BCUT2D eigenvalue weighted by Gasteiger charge is -2.17. The van der Waals surface area contributed by atoms with Gasteiger partial charge in [-0.1, -0.05) is 18.7 Å². The number of rotatable bonds is 4. The molecule has 0 aliphatic carbocycles. The van der Waals surface area contributed by atoms with E-state index in [1.165, 1.54) is 23.1 Å². The fourth-order valence-electron chi connectivity index (χ4n) is 2.29. The normalized spacial score (nSPS) is 18.7. The van der Waals surface area contributed by atoms with Crippen molar-refractivity contribution in [2.45, 2.75) is 25.3 Å². The van der Waals surface area contributed by atoms with Crippen LogP contribution in [0.25, 0.3) is 6.08 Å². The highest BCUT2D eigenvalue weighted by atomic mass is 19.4. The van der Waals surface area contributed by atoms with Crippen LogP contribution in [-0.4, -0.2) is 30.3 Å². The molecule has 2 nitrogen and oxygen atoms in total. The average Bonchev–Trinajstić information content (AvgIpc) is 2.66. The number of ether oxygens (including phenoxy) is 1. The van der Waals surface area contributed by atoms with Crippen LogP contribution >= 0.6 is 0 Å². The zero-order valence-electron chi connectivity index (χ0n) is 11.1. The van der Waals surface area contributed by atoms with Crippen LogP contribution in [0.15, 0.2) is 24.8 Å². The molecule has 0 N–H and O–H groups in total. The molecule has 0 saturated carbocycles. The first-order valence-corrected chi connectivity index (χ1v) is 6.29. The number of halogens is 5. The number of nitrogens with zero attached hydrogens (tertiary/aromatic N) is 1. The van der Waals surface area contributed by atoms with E-state index < -0.39 is 12.3 Å². The summed E-state index contributed by atoms with van der Waals surface area (Å²) >= 11 is 0. The standard InChI is InChI=1S/C14H14F5NO/c1-2-10-5-11(7-12(6-10)21-14(17,18)19)8-20-4-3-13(15,16)9-20/h2,5-7H,1,3-4,8-9H2. The fraction of sp³-hybridized carbons (Fsp3) is 0.429. The maximum Gasteiger partial charge on any atom is 0.573 e. The van der Waals surface area contributed by atoms with Crippen molar-refractivity contribution in [3.05, 3.63) is 35.9 Å². The Morgan fingerprint density at radius 1 is 1.29 bits per heavy atom. The van der Waals surface area contributed by atoms with E-state index in [1.54, 1.807) is 6.07 Å². The van der Waals surface area contributed by atoms with Crippen molar-refractivity contribution >= 4 is 6.08 Å². The van der Waals surface area contributed by atoms with Crippen LogP contribution < -0.4 is 4.74 Å². The molecule has 1 fully saturated rings. The maximum atomic E-state index is 13.1. The largest absolute Gasteiger partial charge is 0.573 e. The Bertz CT molecular complexity index is 527. The third-order valence-corrected chi connectivity index (χ3v) is 3.11. The predicted molar refractivity (Wildman–Crippen MR) is 68.1 cm³/mol. The van der Waals surface area contributed by atoms with Crippen molar-refractivity contribution in [1.82, 2.24) is 4.90 Å². The highest BCUT2D eigenvalue weighted by Gasteiger charge is 2.38. The van der Waals surface area contributed by atoms with Crippen LogP contribution in [0.3, 0.4) is 0 Å². The molecule has 0 atom stereocenters. The summed E-state index contributed by atoms with van der Waals surface area (Å²) in [7, 11) is 0. The molecule has 0 unspecified atom stereocenters. The van der Waals surface area contributed by atoms with Gasteiger partial charge in [0.15, 0.2) is 0 Å². The van der Waals surface area contributed by atoms with Gasteiger partial charge in [-0.05, 0) is 23.3 Å². The summed E-state index contributed by atoms with van der Waals surface area (Å²) in [6.45, 7) is 3.46. The van der Waals surface area contributed by atoms with Crippen LogP contribution in [-0.2, 0) is 6.54 Å². The molecule has 1 aromatic rings. The van der Waals surface area contributed by atoms with E-state index in [4.69, 9.17) is 0 Å². The molecule has 0 aromatic heterocycles. The zero-order valence-corrected chi connectivity index (χ0v) is 11.1. The monoisotopic (exact) mass is 307 g/mol. The van der Waals surface area contributed by atoms with Crippen LogP contribution in [0.4, 0.5) is 22.0 Å². The minimum Gasteiger partial charge on any atom is -0.406 e. The molecule has 21 heavy (non-hydrogen) atoms. The third kappa shape index (κ3) is 4.70. The van der Waals surface area contributed by atoms with Gasteiger partial charge < -0.3 is 4.74 Å². The summed E-state index contributed by atoms with van der Waals surface area (Å²) in [5, 5.41) is 0. The zero-order chi connectivity index (χ0) is 15.7. The molecule has 7 heteroatoms. The van der Waals surface area contributed by atoms with Gasteiger partial charge in [-0.15, -0.1) is 13.2 Å². The Kier molecular flexibility index (Phi) is 4.22. The van der Waals surface area contributed by atoms with Crippen LogP contribution in [0.1, 0.15) is 17.5 Å². The van der Waals surface area contributed by atoms with Gasteiger partial charge in [0.2, 0.25) is 0 Å². The van der Waals surface area contributed by atoms with E-state index in [0.717, 1.165) is 0 Å². The summed E-state index contributed by atoms with van der Waals surface area (Å²) in [4.78, 5) is 1.50. The topological polar surface area (TPSA) is 12.5 Å². The second kappa shape index (κ2) is 5.63. The summed E-state index contributed by atoms with van der Waals surface area (Å²) in [5.41, 5.74) is 0.919. The van der Waals surface area contributed by atoms with Crippen LogP contribution in [0, 0.1) is 0 Å². The molecular formula is C14H14F5NO. The van der Waals surface area contributed by atoms with Crippen molar-refractivity contribution in [2.24, 2.45) is 0 Å². The average molecular weight is 307 g/mol. The van der Waals surface area contributed by atoms with Crippen LogP contribution in [0.5, 0.6) is 5.75 Å². The van der Waals surface area contributed by atoms with Gasteiger partial charge in [0, 0.05) is 19.5 Å². The Morgan fingerprint density at radius 3 is 2.52 bits per heavy atom. The lowest BCUT2D eigenvalue weighted by Crippen LogP contribution is -2.25. The van der Waals surface area contributed by atoms with Gasteiger partial charge in [-0.3, -0.25) is 4.90 Å². The Hall–Kier alpha value is -1.63. The summed E-state index contributed by atoms with van der Waals surface area (Å²) in [6, 6.07) is 4.01. The minimum atomic E-state index is -4.79. The van der Waals surface area contributed by atoms with Gasteiger partial charge in [0.25, 0.3) is 5.92 Å². The molecule has 116 valence electrons. The Morgan fingerprint density at radius 2 is 2.00 bits per heavy atom. The van der Waals surface area contributed by atoms with E-state index in [1.807, 2.05) is 0 Å². The van der Waals surface area contributed by atoms with Gasteiger partial charge in [0.05, 0.1) is 6.54 Å². The molecule has 1 aliphatic rings. The minimum absolute atomic E-state index is 0.144. The molecule has 1 aromatic carbocycles. The first kappa shape index (κ1) is 15.8. The quantitative estimate of drug-likeness (QED) is 0.778. The smallest absolute Gasteiger partial charge is 0.406 e. The molecule has 0 bridgehead atoms. The Balaban J connectivity index is 2.15. The fourth-order valence-corrected chi connectivity index (χ4v) is 2.29. The number of hydrogen-bond acceptors (Lipinski definition) is 2. The van der Waals surface area contributed by atoms with Crippen molar-refractivity contribution in [3.63, 3.8) is 0 Å². The highest BCUT2D eigenvalue weighted by Crippen LogP contribution is 2.30. The van der Waals surface area contributed by atoms with Crippen LogP contribution in [0.2, 0.25) is 0 Å². The summed E-state index contributed by atoms with van der Waals surface area (Å²) < 4.78 is 66.9. The van der Waals surface area contributed by atoms with E-state index >= 15 is 0 Å². The van der Waals surface area contributed by atoms with E-state index in [2.05, 4.69) is 11.3 Å². The molecule has 0 spiro atoms. The maximum absolute atomic E-state index is 13.1. The molecule has 0 amide bonds. The van der Waals surface area contributed by atoms with Crippen molar-refractivity contribution in [3.8, 4) is 5.75 Å². The molecule has 1 aliphatic heterocycles. The molecule has 1 saturated heterocycles. The number of benzene rings is 1. The lowest BCUT2D eigenvalue weighted by molar-refractivity contribution is -0.274. The predicted octanol–water partition coefficient (Wildman–Crippen LogP) is 4.07. The number of hydrogen-bond donors (Lipinski definition) is 0. The number of likely N-dealkylation sites (tertiary alicyclic amines) is 1. The van der Waals surface area contributed by atoms with Gasteiger partial charge in [-0.25, -0.2) is 8.78 Å². The molecule has 0 radical (unpaired) electrons. The van der Waals surface area contributed by atoms with E-state index in [-0.39, 0.29) is 31.8 Å². The summed E-state index contributed by atoms with van der Waals surface area (Å²) in [5.74, 6) is -3.11. The third-order valence-electron chi connectivity index (χ3n) is 3.11. The molecule has 2 rings (SSSR count). The van der Waals surface area contributed by atoms with Gasteiger partial charge in [0.1, 0.15) is 5.75 Å². The molecule has 1 heterocycles. The first-order valence-electron chi connectivity index (χ1n) is 6.29. The lowest BCUT2D eigenvalue weighted by atomic mass is 10.1. The van der Waals surface area contributed by atoms with E-state index in [0.29, 0.717) is 11.1 Å². The van der Waals surface area contributed by atoms with Crippen molar-refractivity contribution in [2.75, 3.05) is 13.1 Å². The van der Waals surface area contributed by atoms with Gasteiger partial charge in [-0.2, -0.15) is 0 Å². The SMILES string of the molecule is C=Cc1cc(CN2CCC(F)(F)C2)cc(OC(F)(F)F)c1. The molecular weight excluding hydrogens is 293 g/mol. The second-order valence-electron chi connectivity index (χ2n) is 4.98. The second-order valence-corrected chi connectivity index (χ2v) is 4.98.